The molecule has 0 radical (unpaired) electrons. The maximum absolute atomic E-state index is 13.2. The number of fused-ring (bicyclic) bond motifs is 1. The number of rotatable bonds is 5. The first-order valence-corrected chi connectivity index (χ1v) is 8.90. The molecule has 0 spiro atoms. The number of nitrogen functional groups attached to an aromatic ring is 1. The minimum atomic E-state index is -0.193. The molecule has 28 heavy (non-hydrogen) atoms. The lowest BCUT2D eigenvalue weighted by atomic mass is 10.2. The highest BCUT2D eigenvalue weighted by molar-refractivity contribution is 6.04. The quantitative estimate of drug-likeness (QED) is 0.576. The molecule has 2 N–H and O–H groups in total. The molecule has 0 bridgehead atoms. The molecule has 0 fully saturated rings. The van der Waals surface area contributed by atoms with Gasteiger partial charge < -0.3 is 10.6 Å². The Labute approximate surface area is 161 Å². The third-order valence-electron chi connectivity index (χ3n) is 4.48. The van der Waals surface area contributed by atoms with Gasteiger partial charge in [0.1, 0.15) is 11.9 Å². The van der Waals surface area contributed by atoms with Gasteiger partial charge in [-0.05, 0) is 18.6 Å². The van der Waals surface area contributed by atoms with Gasteiger partial charge in [-0.2, -0.15) is 0 Å². The third-order valence-corrected chi connectivity index (χ3v) is 4.48. The molecule has 3 heterocycles. The van der Waals surface area contributed by atoms with E-state index in [1.165, 1.54) is 10.8 Å². The number of amides is 1. The second-order valence-corrected chi connectivity index (χ2v) is 6.27. The Kier molecular flexibility index (Phi) is 4.67. The lowest BCUT2D eigenvalue weighted by molar-refractivity contribution is 0.0755. The molecule has 3 aromatic heterocycles. The first-order chi connectivity index (χ1) is 13.7. The number of carbonyl (C=O) groups excluding carboxylic acids is 1. The molecule has 0 atom stereocenters. The van der Waals surface area contributed by atoms with E-state index >= 15 is 0 Å². The van der Waals surface area contributed by atoms with Gasteiger partial charge in [0.25, 0.3) is 5.91 Å². The van der Waals surface area contributed by atoms with Crippen LogP contribution in [-0.4, -0.2) is 41.9 Å². The second kappa shape index (κ2) is 7.43. The molecule has 4 aromatic rings. The van der Waals surface area contributed by atoms with Gasteiger partial charge in [-0.3, -0.25) is 4.79 Å². The van der Waals surface area contributed by atoms with Crippen LogP contribution in [0.2, 0.25) is 0 Å². The smallest absolute Gasteiger partial charge is 0.261 e. The van der Waals surface area contributed by atoms with Crippen molar-refractivity contribution >= 4 is 17.4 Å². The number of benzene rings is 1. The van der Waals surface area contributed by atoms with E-state index in [1.54, 1.807) is 29.6 Å². The Morgan fingerprint density at radius 2 is 2.00 bits per heavy atom. The standard InChI is InChI=1S/C20H19N7O/c1-2-26(11-14-6-4-3-5-7-14)20(28)17-18(21)25-27-12-15(10-23-19(17)27)16-8-9-22-13-24-16/h3-10,12-13H,2,11H2,1H3,(H2,21,25). The average Bonchev–Trinajstić information content (AvgIpc) is 3.07. The summed E-state index contributed by atoms with van der Waals surface area (Å²) < 4.78 is 1.52. The van der Waals surface area contributed by atoms with Crippen LogP contribution < -0.4 is 5.73 Å². The topological polar surface area (TPSA) is 102 Å². The Morgan fingerprint density at radius 1 is 1.18 bits per heavy atom. The number of anilines is 1. The van der Waals surface area contributed by atoms with E-state index in [2.05, 4.69) is 20.1 Å². The van der Waals surface area contributed by atoms with E-state index < -0.39 is 0 Å². The van der Waals surface area contributed by atoms with E-state index in [1.807, 2.05) is 37.3 Å². The van der Waals surface area contributed by atoms with Crippen molar-refractivity contribution in [1.29, 1.82) is 0 Å². The molecule has 140 valence electrons. The van der Waals surface area contributed by atoms with E-state index in [-0.39, 0.29) is 11.7 Å². The molecule has 0 saturated carbocycles. The zero-order valence-corrected chi connectivity index (χ0v) is 15.4. The molecule has 1 amide bonds. The number of hydrogen-bond acceptors (Lipinski definition) is 6. The molecule has 8 nitrogen and oxygen atoms in total. The van der Waals surface area contributed by atoms with Crippen LogP contribution in [0.3, 0.4) is 0 Å². The first kappa shape index (κ1) is 17.6. The van der Waals surface area contributed by atoms with Crippen LogP contribution in [0.15, 0.2) is 61.3 Å². The number of nitrogens with two attached hydrogens (primary N) is 1. The lowest BCUT2D eigenvalue weighted by Gasteiger charge is -2.20. The maximum atomic E-state index is 13.2. The highest BCUT2D eigenvalue weighted by Gasteiger charge is 2.24. The molecule has 0 aliphatic rings. The summed E-state index contributed by atoms with van der Waals surface area (Å²) >= 11 is 0. The summed E-state index contributed by atoms with van der Waals surface area (Å²) in [6.07, 6.45) is 6.53. The maximum Gasteiger partial charge on any atom is 0.261 e. The number of aromatic nitrogens is 5. The van der Waals surface area contributed by atoms with Crippen LogP contribution in [-0.2, 0) is 6.54 Å². The highest BCUT2D eigenvalue weighted by atomic mass is 16.2. The van der Waals surface area contributed by atoms with Crippen molar-refractivity contribution in [2.24, 2.45) is 0 Å². The predicted octanol–water partition coefficient (Wildman–Crippen LogP) is 2.43. The fraction of sp³-hybridized carbons (Fsp3) is 0.150. The van der Waals surface area contributed by atoms with Crippen molar-refractivity contribution in [2.45, 2.75) is 13.5 Å². The molecular weight excluding hydrogens is 354 g/mol. The van der Waals surface area contributed by atoms with Crippen molar-refractivity contribution in [3.63, 3.8) is 0 Å². The summed E-state index contributed by atoms with van der Waals surface area (Å²) in [5.41, 5.74) is 9.34. The van der Waals surface area contributed by atoms with Gasteiger partial charge in [0.15, 0.2) is 11.5 Å². The Hall–Kier alpha value is -3.81. The zero-order valence-electron chi connectivity index (χ0n) is 15.4. The van der Waals surface area contributed by atoms with E-state index in [9.17, 15) is 4.79 Å². The van der Waals surface area contributed by atoms with Gasteiger partial charge in [-0.1, -0.05) is 30.3 Å². The van der Waals surface area contributed by atoms with Gasteiger partial charge in [0, 0.05) is 37.2 Å². The van der Waals surface area contributed by atoms with Crippen LogP contribution in [0.1, 0.15) is 22.8 Å². The van der Waals surface area contributed by atoms with Gasteiger partial charge in [0.2, 0.25) is 0 Å². The average molecular weight is 373 g/mol. The summed E-state index contributed by atoms with van der Waals surface area (Å²) in [4.78, 5) is 27.4. The fourth-order valence-corrected chi connectivity index (χ4v) is 3.04. The molecule has 0 unspecified atom stereocenters. The first-order valence-electron chi connectivity index (χ1n) is 8.90. The van der Waals surface area contributed by atoms with Gasteiger partial charge >= 0.3 is 0 Å². The van der Waals surface area contributed by atoms with Crippen molar-refractivity contribution < 1.29 is 4.79 Å². The van der Waals surface area contributed by atoms with Gasteiger partial charge in [0.05, 0.1) is 5.69 Å². The molecule has 8 heteroatoms. The molecule has 0 aliphatic carbocycles. The van der Waals surface area contributed by atoms with E-state index in [0.29, 0.717) is 30.0 Å². The summed E-state index contributed by atoms with van der Waals surface area (Å²) in [7, 11) is 0. The van der Waals surface area contributed by atoms with Gasteiger partial charge in [-0.15, -0.1) is 5.10 Å². The van der Waals surface area contributed by atoms with E-state index in [4.69, 9.17) is 5.73 Å². The monoisotopic (exact) mass is 373 g/mol. The van der Waals surface area contributed by atoms with Crippen LogP contribution in [0.25, 0.3) is 16.9 Å². The fourth-order valence-electron chi connectivity index (χ4n) is 3.04. The normalized spacial score (nSPS) is 10.9. The second-order valence-electron chi connectivity index (χ2n) is 6.27. The third kappa shape index (κ3) is 3.27. The molecule has 0 aliphatic heterocycles. The number of carbonyl (C=O) groups is 1. The molecule has 4 rings (SSSR count). The van der Waals surface area contributed by atoms with Crippen molar-refractivity contribution in [1.82, 2.24) is 29.5 Å². The predicted molar refractivity (Wildman–Crippen MR) is 105 cm³/mol. The minimum absolute atomic E-state index is 0.156. The Morgan fingerprint density at radius 3 is 2.71 bits per heavy atom. The molecule has 0 saturated heterocycles. The SMILES string of the molecule is CCN(Cc1ccccc1)C(=O)c1c(N)nn2cc(-c3ccncn3)cnc12. The summed E-state index contributed by atoms with van der Waals surface area (Å²) in [6.45, 7) is 2.97. The highest BCUT2D eigenvalue weighted by Crippen LogP contribution is 2.22. The Balaban J connectivity index is 1.69. The van der Waals surface area contributed by atoms with E-state index in [0.717, 1.165) is 11.1 Å². The number of nitrogens with zero attached hydrogens (tertiary/aromatic N) is 6. The number of hydrogen-bond donors (Lipinski definition) is 1. The molecule has 1 aromatic carbocycles. The summed E-state index contributed by atoms with van der Waals surface area (Å²) in [5, 5.41) is 4.29. The largest absolute Gasteiger partial charge is 0.381 e. The summed E-state index contributed by atoms with van der Waals surface area (Å²) in [6, 6.07) is 11.6. The molecular formula is C20H19N7O. The zero-order chi connectivity index (χ0) is 19.5. The van der Waals surface area contributed by atoms with Crippen molar-refractivity contribution in [2.75, 3.05) is 12.3 Å². The van der Waals surface area contributed by atoms with Crippen molar-refractivity contribution in [3.8, 4) is 11.3 Å². The van der Waals surface area contributed by atoms with Crippen LogP contribution in [0.4, 0.5) is 5.82 Å². The van der Waals surface area contributed by atoms with Crippen LogP contribution in [0.5, 0.6) is 0 Å². The lowest BCUT2D eigenvalue weighted by Crippen LogP contribution is -2.30. The van der Waals surface area contributed by atoms with Crippen LogP contribution in [0, 0.1) is 0 Å². The van der Waals surface area contributed by atoms with Gasteiger partial charge in [-0.25, -0.2) is 19.5 Å². The van der Waals surface area contributed by atoms with Crippen LogP contribution >= 0.6 is 0 Å². The minimum Gasteiger partial charge on any atom is -0.381 e. The van der Waals surface area contributed by atoms with Crippen molar-refractivity contribution in [3.05, 3.63) is 72.4 Å². The summed E-state index contributed by atoms with van der Waals surface area (Å²) in [5.74, 6) is -0.0370. The Bertz CT molecular complexity index is 1110.